The van der Waals surface area contributed by atoms with Gasteiger partial charge in [0, 0.05) is 17.3 Å². The van der Waals surface area contributed by atoms with Gasteiger partial charge < -0.3 is 10.1 Å². The maximum absolute atomic E-state index is 12.5. The summed E-state index contributed by atoms with van der Waals surface area (Å²) in [4.78, 5) is 12.5. The zero-order valence-electron chi connectivity index (χ0n) is 16.5. The van der Waals surface area contributed by atoms with Crippen molar-refractivity contribution in [2.75, 3.05) is 5.32 Å². The smallest absolute Gasteiger partial charge is 0.265 e. The first-order valence-electron chi connectivity index (χ1n) is 9.31. The molecule has 0 saturated heterocycles. The molecule has 2 N–H and O–H groups in total. The third-order valence-electron chi connectivity index (χ3n) is 4.31. The van der Waals surface area contributed by atoms with Gasteiger partial charge in [0.25, 0.3) is 5.91 Å². The maximum Gasteiger partial charge on any atom is 0.265 e. The fourth-order valence-electron chi connectivity index (χ4n) is 2.63. The van der Waals surface area contributed by atoms with Gasteiger partial charge in [-0.1, -0.05) is 53.5 Å². The van der Waals surface area contributed by atoms with E-state index in [4.69, 9.17) is 27.9 Å². The zero-order chi connectivity index (χ0) is 22.4. The molecule has 9 heteroatoms. The van der Waals surface area contributed by atoms with Crippen LogP contribution >= 0.6 is 23.2 Å². The van der Waals surface area contributed by atoms with Crippen LogP contribution in [0.2, 0.25) is 10.0 Å². The summed E-state index contributed by atoms with van der Waals surface area (Å²) in [5.41, 5.74) is 1.29. The van der Waals surface area contributed by atoms with E-state index in [1.807, 2.05) is 30.3 Å². The Morgan fingerprint density at radius 1 is 1.00 bits per heavy atom. The summed E-state index contributed by atoms with van der Waals surface area (Å²) in [5.74, 6) is -0.0801. The number of hydrogen-bond donors (Lipinski definition) is 2. The van der Waals surface area contributed by atoms with Gasteiger partial charge in [0.1, 0.15) is 5.75 Å². The molecule has 1 unspecified atom stereocenters. The van der Waals surface area contributed by atoms with Gasteiger partial charge in [-0.25, -0.2) is 13.1 Å². The SMILES string of the molecule is CC(Oc1ccc(Cl)cc1Cl)C(=O)Nc1ccc(S(=O)(=O)NCc2ccccc2)cc1. The molecule has 1 atom stereocenters. The highest BCUT2D eigenvalue weighted by Crippen LogP contribution is 2.28. The number of carbonyl (C=O) groups excluding carboxylic acids is 1. The highest BCUT2D eigenvalue weighted by molar-refractivity contribution is 7.89. The molecular formula is C22H20Cl2N2O4S. The summed E-state index contributed by atoms with van der Waals surface area (Å²) in [6.07, 6.45) is -0.838. The van der Waals surface area contributed by atoms with E-state index < -0.39 is 22.0 Å². The summed E-state index contributed by atoms with van der Waals surface area (Å²) in [6.45, 7) is 1.76. The molecule has 0 heterocycles. The molecule has 3 aromatic rings. The van der Waals surface area contributed by atoms with E-state index in [0.29, 0.717) is 21.5 Å². The first kappa shape index (κ1) is 23.1. The lowest BCUT2D eigenvalue weighted by atomic mass is 10.2. The fourth-order valence-corrected chi connectivity index (χ4v) is 4.10. The number of rotatable bonds is 8. The van der Waals surface area contributed by atoms with E-state index in [9.17, 15) is 13.2 Å². The lowest BCUT2D eigenvalue weighted by molar-refractivity contribution is -0.122. The normalized spacial score (nSPS) is 12.2. The van der Waals surface area contributed by atoms with Crippen LogP contribution < -0.4 is 14.8 Å². The van der Waals surface area contributed by atoms with Crippen LogP contribution in [0.1, 0.15) is 12.5 Å². The number of carbonyl (C=O) groups is 1. The second kappa shape index (κ2) is 10.2. The number of ether oxygens (including phenoxy) is 1. The van der Waals surface area contributed by atoms with Gasteiger partial charge in [0.05, 0.1) is 9.92 Å². The van der Waals surface area contributed by atoms with Gasteiger partial charge in [0.2, 0.25) is 10.0 Å². The third kappa shape index (κ3) is 6.45. The lowest BCUT2D eigenvalue weighted by Crippen LogP contribution is -2.30. The van der Waals surface area contributed by atoms with Crippen LogP contribution in [-0.4, -0.2) is 20.4 Å². The molecule has 3 aromatic carbocycles. The van der Waals surface area contributed by atoms with Crippen LogP contribution in [0.5, 0.6) is 5.75 Å². The maximum atomic E-state index is 12.5. The summed E-state index contributed by atoms with van der Waals surface area (Å²) in [7, 11) is -3.68. The summed E-state index contributed by atoms with van der Waals surface area (Å²) in [5, 5.41) is 3.44. The summed E-state index contributed by atoms with van der Waals surface area (Å²) < 4.78 is 33.1. The summed E-state index contributed by atoms with van der Waals surface area (Å²) >= 11 is 11.9. The zero-order valence-corrected chi connectivity index (χ0v) is 18.8. The van der Waals surface area contributed by atoms with Crippen LogP contribution in [0.15, 0.2) is 77.7 Å². The number of anilines is 1. The first-order valence-corrected chi connectivity index (χ1v) is 11.5. The van der Waals surface area contributed by atoms with Crippen LogP contribution in [-0.2, 0) is 21.4 Å². The van der Waals surface area contributed by atoms with Crippen LogP contribution in [0.3, 0.4) is 0 Å². The molecule has 0 fully saturated rings. The fraction of sp³-hybridized carbons (Fsp3) is 0.136. The predicted octanol–water partition coefficient (Wildman–Crippen LogP) is 4.88. The molecule has 0 aromatic heterocycles. The van der Waals surface area contributed by atoms with E-state index in [-0.39, 0.29) is 11.4 Å². The van der Waals surface area contributed by atoms with E-state index >= 15 is 0 Å². The van der Waals surface area contributed by atoms with Crippen molar-refractivity contribution in [1.82, 2.24) is 4.72 Å². The molecule has 0 aliphatic rings. The molecule has 0 aliphatic carbocycles. The van der Waals surface area contributed by atoms with Crippen molar-refractivity contribution >= 4 is 44.8 Å². The second-order valence-corrected chi connectivity index (χ2v) is 9.27. The molecule has 0 bridgehead atoms. The topological polar surface area (TPSA) is 84.5 Å². The average Bonchev–Trinajstić information content (AvgIpc) is 2.75. The first-order chi connectivity index (χ1) is 14.7. The third-order valence-corrected chi connectivity index (χ3v) is 6.26. The van der Waals surface area contributed by atoms with Gasteiger partial charge in [-0.05, 0) is 55.0 Å². The molecule has 0 spiro atoms. The number of hydrogen-bond acceptors (Lipinski definition) is 4. The van der Waals surface area contributed by atoms with Gasteiger partial charge >= 0.3 is 0 Å². The second-order valence-electron chi connectivity index (χ2n) is 6.66. The highest BCUT2D eigenvalue weighted by Gasteiger charge is 2.18. The number of benzene rings is 3. The number of halogens is 2. The molecule has 162 valence electrons. The Morgan fingerprint density at radius 2 is 1.68 bits per heavy atom. The van der Waals surface area contributed by atoms with E-state index in [1.54, 1.807) is 19.1 Å². The van der Waals surface area contributed by atoms with Crippen molar-refractivity contribution in [3.8, 4) is 5.75 Å². The Hall–Kier alpha value is -2.58. The van der Waals surface area contributed by atoms with Crippen molar-refractivity contribution in [2.24, 2.45) is 0 Å². The molecule has 0 saturated carbocycles. The lowest BCUT2D eigenvalue weighted by Gasteiger charge is -2.16. The molecular weight excluding hydrogens is 459 g/mol. The van der Waals surface area contributed by atoms with E-state index in [2.05, 4.69) is 10.0 Å². The number of amides is 1. The number of sulfonamides is 1. The number of nitrogens with one attached hydrogen (secondary N) is 2. The Labute approximate surface area is 191 Å². The van der Waals surface area contributed by atoms with Crippen molar-refractivity contribution in [1.29, 1.82) is 0 Å². The minimum atomic E-state index is -3.68. The van der Waals surface area contributed by atoms with Crippen molar-refractivity contribution in [2.45, 2.75) is 24.5 Å². The highest BCUT2D eigenvalue weighted by atomic mass is 35.5. The minimum absolute atomic E-state index is 0.0960. The minimum Gasteiger partial charge on any atom is -0.479 e. The quantitative estimate of drug-likeness (QED) is 0.483. The Morgan fingerprint density at radius 3 is 2.32 bits per heavy atom. The van der Waals surface area contributed by atoms with Gasteiger partial charge in [0.15, 0.2) is 6.10 Å². The summed E-state index contributed by atoms with van der Waals surface area (Å²) in [6, 6.07) is 19.8. The van der Waals surface area contributed by atoms with Crippen LogP contribution in [0.4, 0.5) is 5.69 Å². The molecule has 31 heavy (non-hydrogen) atoms. The van der Waals surface area contributed by atoms with E-state index in [0.717, 1.165) is 5.56 Å². The van der Waals surface area contributed by atoms with Crippen molar-refractivity contribution in [3.63, 3.8) is 0 Å². The standard InChI is InChI=1S/C22H20Cl2N2O4S/c1-15(30-21-12-7-17(23)13-20(21)24)22(27)26-18-8-10-19(11-9-18)31(28,29)25-14-16-5-3-2-4-6-16/h2-13,15,25H,14H2,1H3,(H,26,27). The molecule has 0 radical (unpaired) electrons. The Balaban J connectivity index is 1.59. The Bertz CT molecular complexity index is 1150. The molecule has 1 amide bonds. The van der Waals surface area contributed by atoms with Gasteiger partial charge in [-0.3, -0.25) is 4.79 Å². The van der Waals surface area contributed by atoms with Crippen molar-refractivity contribution < 1.29 is 17.9 Å². The Kier molecular flexibility index (Phi) is 7.56. The monoisotopic (exact) mass is 478 g/mol. The van der Waals surface area contributed by atoms with Gasteiger partial charge in [-0.15, -0.1) is 0 Å². The molecule has 0 aliphatic heterocycles. The van der Waals surface area contributed by atoms with Crippen LogP contribution in [0.25, 0.3) is 0 Å². The van der Waals surface area contributed by atoms with Crippen LogP contribution in [0, 0.1) is 0 Å². The van der Waals surface area contributed by atoms with Crippen molar-refractivity contribution in [3.05, 3.63) is 88.4 Å². The largest absolute Gasteiger partial charge is 0.479 e. The van der Waals surface area contributed by atoms with E-state index in [1.165, 1.54) is 30.3 Å². The predicted molar refractivity (Wildman–Crippen MR) is 122 cm³/mol. The van der Waals surface area contributed by atoms with Gasteiger partial charge in [-0.2, -0.15) is 0 Å². The molecule has 3 rings (SSSR count). The average molecular weight is 479 g/mol. The molecule has 6 nitrogen and oxygen atoms in total.